The summed E-state index contributed by atoms with van der Waals surface area (Å²) in [7, 11) is 4.99. The number of carbonyl (C=O) groups is 1. The van der Waals surface area contributed by atoms with Gasteiger partial charge in [-0.25, -0.2) is 4.98 Å². The summed E-state index contributed by atoms with van der Waals surface area (Å²) >= 11 is 0. The van der Waals surface area contributed by atoms with E-state index in [0.29, 0.717) is 5.82 Å². The summed E-state index contributed by atoms with van der Waals surface area (Å²) in [5.41, 5.74) is 0.759. The van der Waals surface area contributed by atoms with Crippen molar-refractivity contribution in [2.75, 3.05) is 26.1 Å². The molecule has 0 bridgehead atoms. The highest BCUT2D eigenvalue weighted by molar-refractivity contribution is 5.97. The number of pyridine rings is 1. The number of ether oxygens (including phenoxy) is 2. The molecule has 0 saturated heterocycles. The Hall–Kier alpha value is -2.90. The van der Waals surface area contributed by atoms with E-state index in [9.17, 15) is 13.6 Å². The molecular formula is C17H19F2N3O3. The van der Waals surface area contributed by atoms with Crippen LogP contribution in [0.25, 0.3) is 0 Å². The summed E-state index contributed by atoms with van der Waals surface area (Å²) in [6, 6.07) is 7.95. The molecule has 0 unspecified atom stereocenters. The zero-order valence-corrected chi connectivity index (χ0v) is 14.1. The zero-order chi connectivity index (χ0) is 18.4. The van der Waals surface area contributed by atoms with Crippen LogP contribution in [-0.4, -0.2) is 38.7 Å². The molecule has 0 aliphatic rings. The van der Waals surface area contributed by atoms with Gasteiger partial charge in [0, 0.05) is 32.4 Å². The number of halogens is 2. The SMILES string of the molecule is COc1cccc(C(=O)NCc2cccnc2N(C)C)c1OC(F)F. The first kappa shape index (κ1) is 18.4. The molecule has 0 spiro atoms. The number of alkyl halides is 2. The minimum absolute atomic E-state index is 0.0325. The van der Waals surface area contributed by atoms with Crippen LogP contribution in [0.1, 0.15) is 15.9 Å². The number of hydrogen-bond acceptors (Lipinski definition) is 5. The number of hydrogen-bond donors (Lipinski definition) is 1. The Morgan fingerprint density at radius 3 is 2.68 bits per heavy atom. The highest BCUT2D eigenvalue weighted by Gasteiger charge is 2.20. The minimum atomic E-state index is -3.07. The molecule has 1 heterocycles. The third-order valence-electron chi connectivity index (χ3n) is 3.38. The smallest absolute Gasteiger partial charge is 0.387 e. The highest BCUT2D eigenvalue weighted by atomic mass is 19.3. The molecule has 1 N–H and O–H groups in total. The van der Waals surface area contributed by atoms with Gasteiger partial charge in [-0.3, -0.25) is 4.79 Å². The van der Waals surface area contributed by atoms with Crippen LogP contribution < -0.4 is 19.7 Å². The van der Waals surface area contributed by atoms with Crippen LogP contribution in [0.5, 0.6) is 11.5 Å². The fraction of sp³-hybridized carbons (Fsp3) is 0.294. The third kappa shape index (κ3) is 4.56. The maximum absolute atomic E-state index is 12.6. The summed E-state index contributed by atoms with van der Waals surface area (Å²) in [4.78, 5) is 18.5. The Kier molecular flexibility index (Phi) is 6.10. The predicted molar refractivity (Wildman–Crippen MR) is 89.4 cm³/mol. The Balaban J connectivity index is 2.22. The van der Waals surface area contributed by atoms with E-state index in [1.807, 2.05) is 25.1 Å². The van der Waals surface area contributed by atoms with E-state index >= 15 is 0 Å². The normalized spacial score (nSPS) is 10.5. The third-order valence-corrected chi connectivity index (χ3v) is 3.38. The molecule has 2 aromatic rings. The molecule has 0 radical (unpaired) electrons. The van der Waals surface area contributed by atoms with Crippen molar-refractivity contribution in [1.82, 2.24) is 10.3 Å². The van der Waals surface area contributed by atoms with Gasteiger partial charge in [0.1, 0.15) is 5.82 Å². The van der Waals surface area contributed by atoms with Crippen molar-refractivity contribution in [2.45, 2.75) is 13.2 Å². The molecule has 0 aliphatic carbocycles. The number of carbonyl (C=O) groups excluding carboxylic acids is 1. The number of aromatic nitrogens is 1. The van der Waals surface area contributed by atoms with E-state index in [2.05, 4.69) is 15.0 Å². The van der Waals surface area contributed by atoms with Crippen molar-refractivity contribution in [3.8, 4) is 11.5 Å². The maximum Gasteiger partial charge on any atom is 0.387 e. The Morgan fingerprint density at radius 2 is 2.04 bits per heavy atom. The lowest BCUT2D eigenvalue weighted by molar-refractivity contribution is -0.0515. The quantitative estimate of drug-likeness (QED) is 0.831. The molecule has 1 aromatic heterocycles. The number of benzene rings is 1. The number of anilines is 1. The fourth-order valence-electron chi connectivity index (χ4n) is 2.31. The minimum Gasteiger partial charge on any atom is -0.493 e. The van der Waals surface area contributed by atoms with E-state index < -0.39 is 12.5 Å². The monoisotopic (exact) mass is 351 g/mol. The number of rotatable bonds is 7. The van der Waals surface area contributed by atoms with Gasteiger partial charge in [-0.2, -0.15) is 8.78 Å². The Labute approximate surface area is 144 Å². The average molecular weight is 351 g/mol. The average Bonchev–Trinajstić information content (AvgIpc) is 2.59. The molecule has 0 saturated carbocycles. The zero-order valence-electron chi connectivity index (χ0n) is 14.1. The molecule has 134 valence electrons. The van der Waals surface area contributed by atoms with Gasteiger partial charge in [0.15, 0.2) is 11.5 Å². The van der Waals surface area contributed by atoms with E-state index in [-0.39, 0.29) is 23.6 Å². The van der Waals surface area contributed by atoms with Gasteiger partial charge < -0.3 is 19.7 Å². The van der Waals surface area contributed by atoms with Crippen LogP contribution >= 0.6 is 0 Å². The van der Waals surface area contributed by atoms with Gasteiger partial charge in [-0.1, -0.05) is 12.1 Å². The number of para-hydroxylation sites is 1. The summed E-state index contributed by atoms with van der Waals surface area (Å²) < 4.78 is 34.8. The lowest BCUT2D eigenvalue weighted by atomic mass is 10.1. The van der Waals surface area contributed by atoms with Crippen molar-refractivity contribution >= 4 is 11.7 Å². The van der Waals surface area contributed by atoms with Gasteiger partial charge in [-0.05, 0) is 18.2 Å². The van der Waals surface area contributed by atoms with Crippen molar-refractivity contribution in [1.29, 1.82) is 0 Å². The first-order valence-corrected chi connectivity index (χ1v) is 7.45. The van der Waals surface area contributed by atoms with Gasteiger partial charge >= 0.3 is 6.61 Å². The molecule has 25 heavy (non-hydrogen) atoms. The molecule has 6 nitrogen and oxygen atoms in total. The molecule has 0 atom stereocenters. The van der Waals surface area contributed by atoms with Gasteiger partial charge in [0.25, 0.3) is 5.91 Å². The van der Waals surface area contributed by atoms with Crippen molar-refractivity contribution in [2.24, 2.45) is 0 Å². The lowest BCUT2D eigenvalue weighted by Crippen LogP contribution is -2.25. The van der Waals surface area contributed by atoms with Crippen LogP contribution in [0.3, 0.4) is 0 Å². The van der Waals surface area contributed by atoms with E-state index in [1.165, 1.54) is 25.3 Å². The molecule has 1 aromatic carbocycles. The van der Waals surface area contributed by atoms with Gasteiger partial charge in [0.2, 0.25) is 0 Å². The molecule has 8 heteroatoms. The summed E-state index contributed by atoms with van der Waals surface area (Å²) in [5, 5.41) is 2.69. The van der Waals surface area contributed by atoms with Crippen LogP contribution in [0, 0.1) is 0 Å². The van der Waals surface area contributed by atoms with Crippen molar-refractivity contribution in [3.63, 3.8) is 0 Å². The molecule has 2 rings (SSSR count). The molecular weight excluding hydrogens is 332 g/mol. The van der Waals surface area contributed by atoms with Crippen LogP contribution in [0.2, 0.25) is 0 Å². The predicted octanol–water partition coefficient (Wildman–Crippen LogP) is 2.69. The maximum atomic E-state index is 12.6. The second-order valence-electron chi connectivity index (χ2n) is 5.28. The lowest BCUT2D eigenvalue weighted by Gasteiger charge is -2.17. The summed E-state index contributed by atoms with van der Waals surface area (Å²) in [5.74, 6) is -0.0829. The first-order valence-electron chi connectivity index (χ1n) is 7.45. The fourth-order valence-corrected chi connectivity index (χ4v) is 2.31. The van der Waals surface area contributed by atoms with Crippen LogP contribution in [0.15, 0.2) is 36.5 Å². The van der Waals surface area contributed by atoms with Gasteiger partial charge in [0.05, 0.1) is 12.7 Å². The van der Waals surface area contributed by atoms with E-state index in [4.69, 9.17) is 4.74 Å². The Bertz CT molecular complexity index is 739. The van der Waals surface area contributed by atoms with E-state index in [0.717, 1.165) is 5.56 Å². The number of nitrogens with zero attached hydrogens (tertiary/aromatic N) is 2. The van der Waals surface area contributed by atoms with Crippen molar-refractivity contribution < 1.29 is 23.0 Å². The summed E-state index contributed by atoms with van der Waals surface area (Å²) in [6.45, 7) is -2.88. The second-order valence-corrected chi connectivity index (χ2v) is 5.28. The van der Waals surface area contributed by atoms with E-state index in [1.54, 1.807) is 12.3 Å². The van der Waals surface area contributed by atoms with Crippen molar-refractivity contribution in [3.05, 3.63) is 47.7 Å². The standard InChI is InChI=1S/C17H19F2N3O3/c1-22(2)15-11(6-5-9-20-15)10-21-16(23)12-7-4-8-13(24-3)14(12)25-17(18)19/h4-9,17H,10H2,1-3H3,(H,21,23). The highest BCUT2D eigenvalue weighted by Crippen LogP contribution is 2.32. The second kappa shape index (κ2) is 8.27. The van der Waals surface area contributed by atoms with Gasteiger partial charge in [-0.15, -0.1) is 0 Å². The van der Waals surface area contributed by atoms with Crippen LogP contribution in [-0.2, 0) is 6.54 Å². The number of amides is 1. The first-order chi connectivity index (χ1) is 11.9. The van der Waals surface area contributed by atoms with Crippen LogP contribution in [0.4, 0.5) is 14.6 Å². The largest absolute Gasteiger partial charge is 0.493 e. The molecule has 0 fully saturated rings. The molecule has 0 aliphatic heterocycles. The summed E-state index contributed by atoms with van der Waals surface area (Å²) in [6.07, 6.45) is 1.65. The molecule has 1 amide bonds. The number of methoxy groups -OCH3 is 1. The number of nitrogens with one attached hydrogen (secondary N) is 1. The Morgan fingerprint density at radius 1 is 1.28 bits per heavy atom. The topological polar surface area (TPSA) is 63.7 Å².